The fraction of sp³-hybridized carbons (Fsp3) is 0.111. The Labute approximate surface area is 158 Å². The molecule has 0 radical (unpaired) electrons. The number of anilines is 2. The van der Waals surface area contributed by atoms with Gasteiger partial charge in [-0.15, -0.1) is 11.3 Å². The minimum absolute atomic E-state index is 0.479. The van der Waals surface area contributed by atoms with E-state index in [-0.39, 0.29) is 0 Å². The summed E-state index contributed by atoms with van der Waals surface area (Å²) >= 11 is 4.88. The van der Waals surface area contributed by atoms with E-state index in [4.69, 9.17) is 10.5 Å². The molecular formula is C18H17BrN4OS. The van der Waals surface area contributed by atoms with E-state index in [1.54, 1.807) is 11.6 Å². The number of rotatable bonds is 6. The summed E-state index contributed by atoms with van der Waals surface area (Å²) in [5.74, 6) is 1.24. The predicted octanol–water partition coefficient (Wildman–Crippen LogP) is 4.82. The maximum Gasteiger partial charge on any atom is 0.205 e. The van der Waals surface area contributed by atoms with E-state index in [2.05, 4.69) is 50.5 Å². The van der Waals surface area contributed by atoms with Crippen molar-refractivity contribution in [2.45, 2.75) is 13.5 Å². The summed E-state index contributed by atoms with van der Waals surface area (Å²) in [6.45, 7) is 2.58. The number of nitrogens with two attached hydrogens (primary N) is 1. The van der Waals surface area contributed by atoms with Crippen LogP contribution in [0.4, 0.5) is 10.9 Å². The first-order chi connectivity index (χ1) is 12.1. The van der Waals surface area contributed by atoms with E-state index in [0.29, 0.717) is 17.6 Å². The van der Waals surface area contributed by atoms with Crippen LogP contribution in [-0.4, -0.2) is 11.2 Å². The van der Waals surface area contributed by atoms with Crippen LogP contribution in [-0.2, 0) is 6.61 Å². The summed E-state index contributed by atoms with van der Waals surface area (Å²) in [5.41, 5.74) is 11.7. The number of ether oxygens (including phenoxy) is 1. The number of halogens is 1. The first kappa shape index (κ1) is 17.4. The standard InChI is InChI=1S/C18H17BrN4OS/c1-12-4-2-3-5-13(12)10-24-16-7-6-15(19)8-14(16)9-21-23-18-22-17(20)11-25-18/h2-9,11H,10,20H2,1H3,(H,22,23). The van der Waals surface area contributed by atoms with Gasteiger partial charge in [-0.3, -0.25) is 5.43 Å². The summed E-state index contributed by atoms with van der Waals surface area (Å²) < 4.78 is 6.95. The van der Waals surface area contributed by atoms with Gasteiger partial charge in [0.1, 0.15) is 18.2 Å². The molecule has 25 heavy (non-hydrogen) atoms. The summed E-state index contributed by atoms with van der Waals surface area (Å²) in [4.78, 5) is 4.10. The zero-order valence-electron chi connectivity index (χ0n) is 13.6. The van der Waals surface area contributed by atoms with Gasteiger partial charge in [-0.05, 0) is 36.2 Å². The van der Waals surface area contributed by atoms with Crippen molar-refractivity contribution >= 4 is 44.4 Å². The second-order valence-corrected chi connectivity index (χ2v) is 7.12. The van der Waals surface area contributed by atoms with Crippen LogP contribution in [0.1, 0.15) is 16.7 Å². The van der Waals surface area contributed by atoms with Crippen LogP contribution in [0.15, 0.2) is 57.4 Å². The zero-order valence-corrected chi connectivity index (χ0v) is 16.0. The van der Waals surface area contributed by atoms with Gasteiger partial charge in [0.2, 0.25) is 5.13 Å². The third-order valence-electron chi connectivity index (χ3n) is 3.50. The highest BCUT2D eigenvalue weighted by molar-refractivity contribution is 9.10. The summed E-state index contributed by atoms with van der Waals surface area (Å²) in [6.07, 6.45) is 1.70. The smallest absolute Gasteiger partial charge is 0.205 e. The van der Waals surface area contributed by atoms with Gasteiger partial charge in [0.25, 0.3) is 0 Å². The van der Waals surface area contributed by atoms with Crippen molar-refractivity contribution in [1.82, 2.24) is 4.98 Å². The molecule has 7 heteroatoms. The molecule has 0 saturated heterocycles. The van der Waals surface area contributed by atoms with Gasteiger partial charge in [-0.25, -0.2) is 4.98 Å². The lowest BCUT2D eigenvalue weighted by atomic mass is 10.1. The van der Waals surface area contributed by atoms with Gasteiger partial charge in [0.15, 0.2) is 0 Å². The fourth-order valence-electron chi connectivity index (χ4n) is 2.17. The van der Waals surface area contributed by atoms with Crippen LogP contribution >= 0.6 is 27.3 Å². The maximum atomic E-state index is 5.99. The summed E-state index contributed by atoms with van der Waals surface area (Å²) in [6, 6.07) is 14.0. The second kappa shape index (κ2) is 8.13. The number of hydrogen-bond donors (Lipinski definition) is 2. The molecule has 3 N–H and O–H groups in total. The molecule has 128 valence electrons. The van der Waals surface area contributed by atoms with Crippen molar-refractivity contribution in [3.05, 3.63) is 69.0 Å². The number of hydrazone groups is 1. The van der Waals surface area contributed by atoms with Gasteiger partial charge >= 0.3 is 0 Å². The number of nitrogens with zero attached hydrogens (tertiary/aromatic N) is 2. The van der Waals surface area contributed by atoms with Crippen molar-refractivity contribution in [3.8, 4) is 5.75 Å². The van der Waals surface area contributed by atoms with Crippen molar-refractivity contribution in [1.29, 1.82) is 0 Å². The molecule has 0 atom stereocenters. The lowest BCUT2D eigenvalue weighted by molar-refractivity contribution is 0.305. The highest BCUT2D eigenvalue weighted by atomic mass is 79.9. The van der Waals surface area contributed by atoms with Crippen LogP contribution in [0.2, 0.25) is 0 Å². The van der Waals surface area contributed by atoms with E-state index < -0.39 is 0 Å². The topological polar surface area (TPSA) is 72.5 Å². The molecule has 3 rings (SSSR count). The number of nitrogens with one attached hydrogen (secondary N) is 1. The van der Waals surface area contributed by atoms with Crippen molar-refractivity contribution in [2.24, 2.45) is 5.10 Å². The molecule has 0 aliphatic heterocycles. The number of aromatic nitrogens is 1. The molecule has 0 fully saturated rings. The normalized spacial score (nSPS) is 11.0. The van der Waals surface area contributed by atoms with E-state index in [9.17, 15) is 0 Å². The monoisotopic (exact) mass is 416 g/mol. The van der Waals surface area contributed by atoms with Gasteiger partial charge in [-0.2, -0.15) is 5.10 Å². The minimum atomic E-state index is 0.479. The van der Waals surface area contributed by atoms with E-state index in [0.717, 1.165) is 21.3 Å². The lowest BCUT2D eigenvalue weighted by Crippen LogP contribution is -2.00. The molecule has 0 aliphatic carbocycles. The fourth-order valence-corrected chi connectivity index (χ4v) is 3.10. The van der Waals surface area contributed by atoms with Crippen LogP contribution in [0, 0.1) is 6.92 Å². The Bertz CT molecular complexity index is 894. The number of benzene rings is 2. The quantitative estimate of drug-likeness (QED) is 0.446. The van der Waals surface area contributed by atoms with E-state index >= 15 is 0 Å². The first-order valence-corrected chi connectivity index (χ1v) is 9.26. The molecule has 2 aromatic carbocycles. The summed E-state index contributed by atoms with van der Waals surface area (Å²) in [5, 5.41) is 6.62. The van der Waals surface area contributed by atoms with Gasteiger partial charge in [-0.1, -0.05) is 40.2 Å². The molecule has 0 unspecified atom stereocenters. The Morgan fingerprint density at radius 3 is 2.92 bits per heavy atom. The molecule has 0 spiro atoms. The van der Waals surface area contributed by atoms with Crippen LogP contribution < -0.4 is 15.9 Å². The molecule has 0 bridgehead atoms. The Hall–Kier alpha value is -2.38. The third-order valence-corrected chi connectivity index (χ3v) is 4.76. The average Bonchev–Trinajstić information content (AvgIpc) is 3.01. The number of thiazole rings is 1. The van der Waals surface area contributed by atoms with E-state index in [1.807, 2.05) is 30.3 Å². The Balaban J connectivity index is 1.72. The number of nitrogen functional groups attached to an aromatic ring is 1. The summed E-state index contributed by atoms with van der Waals surface area (Å²) in [7, 11) is 0. The molecular weight excluding hydrogens is 400 g/mol. The third kappa shape index (κ3) is 4.80. The molecule has 1 aromatic heterocycles. The van der Waals surface area contributed by atoms with Crippen LogP contribution in [0.5, 0.6) is 5.75 Å². The molecule has 0 aliphatic rings. The molecule has 0 saturated carbocycles. The Morgan fingerprint density at radius 1 is 1.32 bits per heavy atom. The molecule has 5 nitrogen and oxygen atoms in total. The van der Waals surface area contributed by atoms with Gasteiger partial charge in [0.05, 0.1) is 6.21 Å². The van der Waals surface area contributed by atoms with E-state index in [1.165, 1.54) is 16.9 Å². The minimum Gasteiger partial charge on any atom is -0.488 e. The molecule has 1 heterocycles. The predicted molar refractivity (Wildman–Crippen MR) is 107 cm³/mol. The van der Waals surface area contributed by atoms with Crippen LogP contribution in [0.25, 0.3) is 0 Å². The van der Waals surface area contributed by atoms with Gasteiger partial charge in [0, 0.05) is 15.4 Å². The average molecular weight is 417 g/mol. The maximum absolute atomic E-state index is 5.99. The van der Waals surface area contributed by atoms with Crippen molar-refractivity contribution < 1.29 is 4.74 Å². The largest absolute Gasteiger partial charge is 0.488 e. The SMILES string of the molecule is Cc1ccccc1COc1ccc(Br)cc1C=NNc1nc(N)cs1. The molecule has 3 aromatic rings. The zero-order chi connectivity index (χ0) is 17.6. The number of aryl methyl sites for hydroxylation is 1. The Kier molecular flexibility index (Phi) is 5.67. The molecule has 0 amide bonds. The highest BCUT2D eigenvalue weighted by Crippen LogP contribution is 2.23. The highest BCUT2D eigenvalue weighted by Gasteiger charge is 2.05. The van der Waals surface area contributed by atoms with Crippen molar-refractivity contribution in [2.75, 3.05) is 11.2 Å². The Morgan fingerprint density at radius 2 is 2.16 bits per heavy atom. The van der Waals surface area contributed by atoms with Crippen LogP contribution in [0.3, 0.4) is 0 Å². The number of hydrogen-bond acceptors (Lipinski definition) is 6. The first-order valence-electron chi connectivity index (χ1n) is 7.59. The second-order valence-electron chi connectivity index (χ2n) is 5.34. The van der Waals surface area contributed by atoms with Crippen molar-refractivity contribution in [3.63, 3.8) is 0 Å². The van der Waals surface area contributed by atoms with Gasteiger partial charge < -0.3 is 10.5 Å². The lowest BCUT2D eigenvalue weighted by Gasteiger charge is -2.11.